The number of hydrazine groups is 1. The number of benzene rings is 1. The first-order valence-electron chi connectivity index (χ1n) is 7.20. The van der Waals surface area contributed by atoms with Crippen LogP contribution < -0.4 is 5.01 Å². The average Bonchev–Trinajstić information content (AvgIpc) is 2.95. The Morgan fingerprint density at radius 2 is 1.85 bits per heavy atom. The van der Waals surface area contributed by atoms with Crippen LogP contribution in [0.5, 0.6) is 0 Å². The molecular weight excluding hydrogens is 252 g/mol. The lowest BCUT2D eigenvalue weighted by molar-refractivity contribution is -0.456. The van der Waals surface area contributed by atoms with E-state index in [0.29, 0.717) is 11.4 Å². The third-order valence-corrected chi connectivity index (χ3v) is 4.80. The number of anilines is 1. The maximum atomic E-state index is 12.9. The molecule has 1 aliphatic carbocycles. The molecule has 0 atom stereocenters. The maximum Gasteiger partial charge on any atom is 0.301 e. The minimum absolute atomic E-state index is 0.0468. The third-order valence-electron chi connectivity index (χ3n) is 4.80. The Bertz CT molecular complexity index is 613. The van der Waals surface area contributed by atoms with Crippen molar-refractivity contribution in [1.82, 2.24) is 0 Å². The molecular formula is C16H20N2O2. The van der Waals surface area contributed by atoms with Gasteiger partial charge in [0.2, 0.25) is 5.71 Å². The van der Waals surface area contributed by atoms with Crippen molar-refractivity contribution >= 4 is 17.3 Å². The minimum Gasteiger partial charge on any atom is -0.596 e. The molecule has 1 saturated carbocycles. The van der Waals surface area contributed by atoms with E-state index in [-0.39, 0.29) is 5.91 Å². The van der Waals surface area contributed by atoms with Crippen LogP contribution in [-0.2, 0) is 4.79 Å². The highest BCUT2D eigenvalue weighted by molar-refractivity contribution is 6.15. The highest BCUT2D eigenvalue weighted by Gasteiger charge is 2.58. The fraction of sp³-hybridized carbons (Fsp3) is 0.500. The summed E-state index contributed by atoms with van der Waals surface area (Å²) in [6.45, 7) is 5.76. The molecule has 1 spiro atoms. The second-order valence-electron chi connectivity index (χ2n) is 6.05. The van der Waals surface area contributed by atoms with Gasteiger partial charge in [-0.3, -0.25) is 4.79 Å². The van der Waals surface area contributed by atoms with Crippen LogP contribution in [0.4, 0.5) is 5.69 Å². The van der Waals surface area contributed by atoms with E-state index in [1.807, 2.05) is 32.0 Å². The van der Waals surface area contributed by atoms with Gasteiger partial charge in [-0.15, -0.1) is 0 Å². The SMILES string of the molecule is CC1=[N+]([O-])N(c2ccc(C)cc2C)C(=O)C12CCCC2. The first-order chi connectivity index (χ1) is 9.47. The first kappa shape index (κ1) is 13.2. The molecule has 1 heterocycles. The van der Waals surface area contributed by atoms with E-state index in [1.165, 1.54) is 5.01 Å². The molecule has 3 rings (SSSR count). The number of nitrogens with zero attached hydrogens (tertiary/aromatic N) is 2. The number of amides is 1. The lowest BCUT2D eigenvalue weighted by Crippen LogP contribution is -2.38. The molecule has 20 heavy (non-hydrogen) atoms. The topological polar surface area (TPSA) is 46.4 Å². The monoisotopic (exact) mass is 272 g/mol. The van der Waals surface area contributed by atoms with Crippen molar-refractivity contribution in [3.63, 3.8) is 0 Å². The number of carbonyl (C=O) groups excluding carboxylic acids is 1. The van der Waals surface area contributed by atoms with Crippen molar-refractivity contribution < 1.29 is 9.64 Å². The second-order valence-corrected chi connectivity index (χ2v) is 6.05. The summed E-state index contributed by atoms with van der Waals surface area (Å²) in [5, 5.41) is 13.8. The average molecular weight is 272 g/mol. The lowest BCUT2D eigenvalue weighted by atomic mass is 9.81. The van der Waals surface area contributed by atoms with Gasteiger partial charge in [-0.1, -0.05) is 40.4 Å². The molecule has 1 amide bonds. The zero-order valence-electron chi connectivity index (χ0n) is 12.3. The van der Waals surface area contributed by atoms with Gasteiger partial charge < -0.3 is 5.21 Å². The Hall–Kier alpha value is -1.84. The van der Waals surface area contributed by atoms with Crippen LogP contribution in [0, 0.1) is 24.5 Å². The second kappa shape index (κ2) is 4.33. The molecule has 0 bridgehead atoms. The van der Waals surface area contributed by atoms with Crippen LogP contribution in [0.15, 0.2) is 18.2 Å². The van der Waals surface area contributed by atoms with Crippen LogP contribution in [-0.4, -0.2) is 16.5 Å². The standard InChI is InChI=1S/C16H20N2O2/c1-11-6-7-14(12(2)10-11)17-15(19)16(8-4-5-9-16)13(3)18(17)20/h6-7,10H,4-5,8-9H2,1-3H3. The number of hydrazone groups is 1. The number of rotatable bonds is 1. The van der Waals surface area contributed by atoms with Crippen molar-refractivity contribution in [3.05, 3.63) is 34.5 Å². The summed E-state index contributed by atoms with van der Waals surface area (Å²) in [6, 6.07) is 5.82. The van der Waals surface area contributed by atoms with E-state index in [2.05, 4.69) is 0 Å². The van der Waals surface area contributed by atoms with Gasteiger partial charge in [0.1, 0.15) is 11.1 Å². The lowest BCUT2D eigenvalue weighted by Gasteiger charge is -2.19. The number of hydrogen-bond donors (Lipinski definition) is 0. The van der Waals surface area contributed by atoms with Crippen molar-refractivity contribution in [2.45, 2.75) is 46.5 Å². The smallest absolute Gasteiger partial charge is 0.301 e. The fourth-order valence-corrected chi connectivity index (χ4v) is 3.58. The van der Waals surface area contributed by atoms with Gasteiger partial charge in [-0.05, 0) is 38.3 Å². The summed E-state index contributed by atoms with van der Waals surface area (Å²) >= 11 is 0. The zero-order valence-corrected chi connectivity index (χ0v) is 12.3. The molecule has 0 N–H and O–H groups in total. The van der Waals surface area contributed by atoms with Crippen molar-refractivity contribution in [1.29, 1.82) is 0 Å². The van der Waals surface area contributed by atoms with Gasteiger partial charge in [0, 0.05) is 6.92 Å². The normalized spacial score (nSPS) is 21.4. The molecule has 106 valence electrons. The molecule has 0 saturated heterocycles. The summed E-state index contributed by atoms with van der Waals surface area (Å²) < 4.78 is 0. The van der Waals surface area contributed by atoms with E-state index in [1.54, 1.807) is 6.92 Å². The van der Waals surface area contributed by atoms with Gasteiger partial charge in [-0.2, -0.15) is 0 Å². The minimum atomic E-state index is -0.543. The highest BCUT2D eigenvalue weighted by atomic mass is 16.5. The molecule has 1 aliphatic heterocycles. The Morgan fingerprint density at radius 3 is 2.45 bits per heavy atom. The Morgan fingerprint density at radius 1 is 1.20 bits per heavy atom. The molecule has 0 aromatic heterocycles. The van der Waals surface area contributed by atoms with Crippen LogP contribution >= 0.6 is 0 Å². The Kier molecular flexibility index (Phi) is 2.85. The van der Waals surface area contributed by atoms with Crippen molar-refractivity contribution in [2.24, 2.45) is 5.41 Å². The van der Waals surface area contributed by atoms with Crippen molar-refractivity contribution in [3.8, 4) is 0 Å². The number of carbonyl (C=O) groups is 1. The van der Waals surface area contributed by atoms with E-state index in [9.17, 15) is 10.0 Å². The Labute approximate surface area is 119 Å². The Balaban J connectivity index is 2.09. The summed E-state index contributed by atoms with van der Waals surface area (Å²) in [6.07, 6.45) is 3.66. The van der Waals surface area contributed by atoms with E-state index in [0.717, 1.165) is 41.7 Å². The third kappa shape index (κ3) is 1.60. The largest absolute Gasteiger partial charge is 0.596 e. The quantitative estimate of drug-likeness (QED) is 0.582. The summed E-state index contributed by atoms with van der Waals surface area (Å²) in [4.78, 5) is 13.7. The van der Waals surface area contributed by atoms with E-state index >= 15 is 0 Å². The predicted octanol–water partition coefficient (Wildman–Crippen LogP) is 3.10. The first-order valence-corrected chi connectivity index (χ1v) is 7.20. The molecule has 4 nitrogen and oxygen atoms in total. The summed E-state index contributed by atoms with van der Waals surface area (Å²) in [5.41, 5.74) is 2.91. The summed E-state index contributed by atoms with van der Waals surface area (Å²) in [7, 11) is 0. The molecule has 0 radical (unpaired) electrons. The van der Waals surface area contributed by atoms with E-state index < -0.39 is 5.41 Å². The van der Waals surface area contributed by atoms with Crippen LogP contribution in [0.2, 0.25) is 0 Å². The number of aryl methyl sites for hydroxylation is 2. The highest BCUT2D eigenvalue weighted by Crippen LogP contribution is 2.45. The molecule has 1 fully saturated rings. The van der Waals surface area contributed by atoms with Gasteiger partial charge >= 0.3 is 5.91 Å². The van der Waals surface area contributed by atoms with Crippen LogP contribution in [0.25, 0.3) is 0 Å². The molecule has 1 aromatic carbocycles. The fourth-order valence-electron chi connectivity index (χ4n) is 3.58. The van der Waals surface area contributed by atoms with Crippen LogP contribution in [0.3, 0.4) is 0 Å². The van der Waals surface area contributed by atoms with Gasteiger partial charge in [0.25, 0.3) is 0 Å². The maximum absolute atomic E-state index is 12.9. The van der Waals surface area contributed by atoms with Crippen molar-refractivity contribution in [2.75, 3.05) is 5.01 Å². The zero-order chi connectivity index (χ0) is 14.5. The van der Waals surface area contributed by atoms with Gasteiger partial charge in [-0.25, -0.2) is 0 Å². The molecule has 4 heteroatoms. The summed E-state index contributed by atoms with van der Waals surface area (Å²) in [5.74, 6) is -0.0468. The molecule has 1 aromatic rings. The van der Waals surface area contributed by atoms with Gasteiger partial charge in [0.05, 0.1) is 0 Å². The molecule has 2 aliphatic rings. The molecule has 0 unspecified atom stereocenters. The number of hydrogen-bond acceptors (Lipinski definition) is 2. The van der Waals surface area contributed by atoms with E-state index in [4.69, 9.17) is 0 Å². The van der Waals surface area contributed by atoms with Gasteiger partial charge in [0.15, 0.2) is 0 Å². The van der Waals surface area contributed by atoms with Crippen LogP contribution in [0.1, 0.15) is 43.7 Å². The predicted molar refractivity (Wildman–Crippen MR) is 78.6 cm³/mol.